The Labute approximate surface area is 163 Å². The molecule has 3 aromatic heterocycles. The predicted molar refractivity (Wildman–Crippen MR) is 108 cm³/mol. The summed E-state index contributed by atoms with van der Waals surface area (Å²) in [6.07, 6.45) is 8.90. The van der Waals surface area contributed by atoms with Gasteiger partial charge in [-0.15, -0.1) is 24.0 Å². The van der Waals surface area contributed by atoms with Gasteiger partial charge in [0.15, 0.2) is 5.96 Å². The van der Waals surface area contributed by atoms with Gasteiger partial charge in [0.1, 0.15) is 12.1 Å². The predicted octanol–water partition coefficient (Wildman–Crippen LogP) is 2.15. The summed E-state index contributed by atoms with van der Waals surface area (Å²) in [5, 5.41) is 6.53. The fourth-order valence-corrected chi connectivity index (χ4v) is 2.19. The maximum atomic E-state index is 4.35. The SMILES string of the molecule is CN=C(NCc1ccnc(-n2ccnc2)c1)NCc1ccccn1.I. The lowest BCUT2D eigenvalue weighted by Gasteiger charge is -2.12. The van der Waals surface area contributed by atoms with Crippen LogP contribution < -0.4 is 10.6 Å². The minimum absolute atomic E-state index is 0. The number of pyridine rings is 2. The Bertz CT molecular complexity index is 788. The number of hydrogen-bond acceptors (Lipinski definition) is 4. The van der Waals surface area contributed by atoms with Crippen molar-refractivity contribution < 1.29 is 0 Å². The Morgan fingerprint density at radius 2 is 1.96 bits per heavy atom. The van der Waals surface area contributed by atoms with E-state index in [0.29, 0.717) is 13.1 Å². The normalized spacial score (nSPS) is 10.8. The van der Waals surface area contributed by atoms with Crippen molar-refractivity contribution in [2.75, 3.05) is 7.05 Å². The second-order valence-corrected chi connectivity index (χ2v) is 5.09. The van der Waals surface area contributed by atoms with Crippen LogP contribution >= 0.6 is 24.0 Å². The van der Waals surface area contributed by atoms with Gasteiger partial charge in [-0.25, -0.2) is 9.97 Å². The molecule has 8 heteroatoms. The van der Waals surface area contributed by atoms with Gasteiger partial charge in [-0.1, -0.05) is 6.07 Å². The molecule has 0 aliphatic heterocycles. The van der Waals surface area contributed by atoms with Crippen molar-refractivity contribution in [3.8, 4) is 5.82 Å². The van der Waals surface area contributed by atoms with Gasteiger partial charge in [-0.3, -0.25) is 14.5 Å². The molecule has 130 valence electrons. The van der Waals surface area contributed by atoms with E-state index in [0.717, 1.165) is 23.0 Å². The zero-order chi connectivity index (χ0) is 16.6. The minimum atomic E-state index is 0. The lowest BCUT2D eigenvalue weighted by molar-refractivity contribution is 0.792. The topological polar surface area (TPSA) is 80.0 Å². The van der Waals surface area contributed by atoms with Crippen LogP contribution in [0.2, 0.25) is 0 Å². The van der Waals surface area contributed by atoms with Gasteiger partial charge >= 0.3 is 0 Å². The quantitative estimate of drug-likeness (QED) is 0.355. The third kappa shape index (κ3) is 5.52. The van der Waals surface area contributed by atoms with Crippen molar-refractivity contribution in [1.29, 1.82) is 0 Å². The first-order chi connectivity index (χ1) is 11.8. The number of nitrogens with one attached hydrogen (secondary N) is 2. The first kappa shape index (κ1) is 18.8. The van der Waals surface area contributed by atoms with Gasteiger partial charge in [0, 0.05) is 38.4 Å². The van der Waals surface area contributed by atoms with E-state index >= 15 is 0 Å². The first-order valence-corrected chi connectivity index (χ1v) is 7.63. The lowest BCUT2D eigenvalue weighted by Crippen LogP contribution is -2.36. The molecule has 0 bridgehead atoms. The van der Waals surface area contributed by atoms with E-state index in [1.807, 2.05) is 41.1 Å². The Hall–Kier alpha value is -2.49. The smallest absolute Gasteiger partial charge is 0.191 e. The third-order valence-corrected chi connectivity index (χ3v) is 3.43. The molecule has 0 fully saturated rings. The number of hydrogen-bond donors (Lipinski definition) is 2. The molecule has 3 aromatic rings. The van der Waals surface area contributed by atoms with Gasteiger partial charge in [0.25, 0.3) is 0 Å². The molecule has 0 aromatic carbocycles. The van der Waals surface area contributed by atoms with Crippen molar-refractivity contribution in [1.82, 2.24) is 30.2 Å². The van der Waals surface area contributed by atoms with E-state index in [2.05, 4.69) is 30.6 Å². The van der Waals surface area contributed by atoms with Gasteiger partial charge in [0.2, 0.25) is 0 Å². The molecular weight excluding hydrogens is 429 g/mol. The highest BCUT2D eigenvalue weighted by Crippen LogP contribution is 2.06. The van der Waals surface area contributed by atoms with E-state index < -0.39 is 0 Å². The Morgan fingerprint density at radius 3 is 2.68 bits per heavy atom. The van der Waals surface area contributed by atoms with E-state index in [1.54, 1.807) is 32.0 Å². The molecule has 3 heterocycles. The van der Waals surface area contributed by atoms with Crippen LogP contribution in [-0.2, 0) is 13.1 Å². The molecule has 0 amide bonds. The van der Waals surface area contributed by atoms with Crippen LogP contribution in [0.4, 0.5) is 0 Å². The van der Waals surface area contributed by atoms with E-state index in [1.165, 1.54) is 0 Å². The standard InChI is InChI=1S/C17H19N7.HI/c1-18-17(23-12-15-4-2-3-6-20-15)22-11-14-5-7-21-16(10-14)24-9-8-19-13-24;/h2-10,13H,11-12H2,1H3,(H2,18,22,23);1H. The second kappa shape index (κ2) is 9.72. The zero-order valence-electron chi connectivity index (χ0n) is 13.8. The molecule has 0 aliphatic carbocycles. The van der Waals surface area contributed by atoms with Crippen LogP contribution in [0.15, 0.2) is 66.4 Å². The fraction of sp³-hybridized carbons (Fsp3) is 0.176. The zero-order valence-corrected chi connectivity index (χ0v) is 16.2. The average Bonchev–Trinajstić information content (AvgIpc) is 3.18. The Kier molecular flexibility index (Phi) is 7.33. The summed E-state index contributed by atoms with van der Waals surface area (Å²) < 4.78 is 1.87. The van der Waals surface area contributed by atoms with Crippen LogP contribution in [0.25, 0.3) is 5.82 Å². The molecular formula is C17H20IN7. The summed E-state index contributed by atoms with van der Waals surface area (Å²) in [5.74, 6) is 1.56. The summed E-state index contributed by atoms with van der Waals surface area (Å²) in [7, 11) is 1.75. The summed E-state index contributed by atoms with van der Waals surface area (Å²) in [4.78, 5) is 16.9. The van der Waals surface area contributed by atoms with Crippen LogP contribution in [-0.4, -0.2) is 32.5 Å². The first-order valence-electron chi connectivity index (χ1n) is 7.63. The minimum Gasteiger partial charge on any atom is -0.352 e. The van der Waals surface area contributed by atoms with Crippen molar-refractivity contribution in [3.05, 3.63) is 72.7 Å². The third-order valence-electron chi connectivity index (χ3n) is 3.43. The van der Waals surface area contributed by atoms with Crippen LogP contribution in [0.1, 0.15) is 11.3 Å². The Balaban J connectivity index is 0.00000225. The molecule has 3 rings (SSSR count). The molecule has 0 saturated heterocycles. The lowest BCUT2D eigenvalue weighted by atomic mass is 10.2. The largest absolute Gasteiger partial charge is 0.352 e. The molecule has 0 atom stereocenters. The number of guanidine groups is 1. The molecule has 0 spiro atoms. The number of halogens is 1. The highest BCUT2D eigenvalue weighted by atomic mass is 127. The maximum Gasteiger partial charge on any atom is 0.191 e. The maximum absolute atomic E-state index is 4.35. The molecule has 7 nitrogen and oxygen atoms in total. The van der Waals surface area contributed by atoms with Crippen molar-refractivity contribution >= 4 is 29.9 Å². The molecule has 2 N–H and O–H groups in total. The Morgan fingerprint density at radius 1 is 1.08 bits per heavy atom. The van der Waals surface area contributed by atoms with E-state index in [9.17, 15) is 0 Å². The van der Waals surface area contributed by atoms with E-state index in [4.69, 9.17) is 0 Å². The number of aromatic nitrogens is 4. The molecule has 0 radical (unpaired) electrons. The van der Waals surface area contributed by atoms with Gasteiger partial charge < -0.3 is 10.6 Å². The van der Waals surface area contributed by atoms with Gasteiger partial charge in [-0.2, -0.15) is 0 Å². The van der Waals surface area contributed by atoms with Crippen LogP contribution in [0.5, 0.6) is 0 Å². The van der Waals surface area contributed by atoms with Crippen molar-refractivity contribution in [2.24, 2.45) is 4.99 Å². The number of nitrogens with zero attached hydrogens (tertiary/aromatic N) is 5. The summed E-state index contributed by atoms with van der Waals surface area (Å²) in [6, 6.07) is 9.83. The monoisotopic (exact) mass is 449 g/mol. The number of imidazole rings is 1. The van der Waals surface area contributed by atoms with E-state index in [-0.39, 0.29) is 24.0 Å². The van der Waals surface area contributed by atoms with Crippen LogP contribution in [0.3, 0.4) is 0 Å². The average molecular weight is 449 g/mol. The fourth-order valence-electron chi connectivity index (χ4n) is 2.19. The van der Waals surface area contributed by atoms with Crippen molar-refractivity contribution in [3.63, 3.8) is 0 Å². The van der Waals surface area contributed by atoms with Gasteiger partial charge in [-0.05, 0) is 29.8 Å². The van der Waals surface area contributed by atoms with Crippen LogP contribution in [0, 0.1) is 0 Å². The van der Waals surface area contributed by atoms with Crippen molar-refractivity contribution in [2.45, 2.75) is 13.1 Å². The highest BCUT2D eigenvalue weighted by molar-refractivity contribution is 14.0. The number of aliphatic imine (C=N–C) groups is 1. The summed E-state index contributed by atoms with van der Waals surface area (Å²) in [5.41, 5.74) is 2.07. The second-order valence-electron chi connectivity index (χ2n) is 5.09. The highest BCUT2D eigenvalue weighted by Gasteiger charge is 2.02. The number of rotatable bonds is 5. The van der Waals surface area contributed by atoms with Gasteiger partial charge in [0.05, 0.1) is 12.2 Å². The molecule has 25 heavy (non-hydrogen) atoms. The molecule has 0 saturated carbocycles. The molecule has 0 unspecified atom stereocenters. The molecule has 0 aliphatic rings. The summed E-state index contributed by atoms with van der Waals surface area (Å²) in [6.45, 7) is 1.27. The summed E-state index contributed by atoms with van der Waals surface area (Å²) >= 11 is 0.